The van der Waals surface area contributed by atoms with E-state index < -0.39 is 10.0 Å². The minimum absolute atomic E-state index is 0.0423. The van der Waals surface area contributed by atoms with Crippen LogP contribution in [0.15, 0.2) is 53.4 Å². The Balaban J connectivity index is 2.38. The van der Waals surface area contributed by atoms with Gasteiger partial charge >= 0.3 is 0 Å². The number of benzene rings is 2. The SMILES string of the molecule is COc1ccccc1S(=O)(=O)Nc1cccc(C(C)=O)c1. The molecular weight excluding hydrogens is 290 g/mol. The summed E-state index contributed by atoms with van der Waals surface area (Å²) >= 11 is 0. The zero-order chi connectivity index (χ0) is 15.5. The number of methoxy groups -OCH3 is 1. The Morgan fingerprint density at radius 3 is 2.48 bits per heavy atom. The third-order valence-electron chi connectivity index (χ3n) is 2.88. The number of para-hydroxylation sites is 1. The van der Waals surface area contributed by atoms with Crippen molar-refractivity contribution in [2.24, 2.45) is 0 Å². The fraction of sp³-hybridized carbons (Fsp3) is 0.133. The number of ketones is 1. The maximum absolute atomic E-state index is 12.4. The van der Waals surface area contributed by atoms with Gasteiger partial charge in [-0.05, 0) is 31.2 Å². The predicted molar refractivity (Wildman–Crippen MR) is 80.2 cm³/mol. The standard InChI is InChI=1S/C15H15NO4S/c1-11(17)12-6-5-7-13(10-12)16-21(18,19)15-9-4-3-8-14(15)20-2/h3-10,16H,1-2H3. The molecule has 0 atom stereocenters. The first kappa shape index (κ1) is 15.1. The van der Waals surface area contributed by atoms with Gasteiger partial charge in [-0.2, -0.15) is 0 Å². The van der Waals surface area contributed by atoms with E-state index >= 15 is 0 Å². The van der Waals surface area contributed by atoms with E-state index in [0.29, 0.717) is 11.3 Å². The molecule has 0 spiro atoms. The lowest BCUT2D eigenvalue weighted by atomic mass is 10.1. The van der Waals surface area contributed by atoms with E-state index in [-0.39, 0.29) is 16.4 Å². The Bertz CT molecular complexity index is 769. The van der Waals surface area contributed by atoms with Crippen LogP contribution in [0.4, 0.5) is 5.69 Å². The van der Waals surface area contributed by atoms with Crippen LogP contribution in [0.25, 0.3) is 0 Å². The molecule has 0 aromatic heterocycles. The summed E-state index contributed by atoms with van der Waals surface area (Å²) in [5.74, 6) is 0.126. The van der Waals surface area contributed by atoms with Gasteiger partial charge < -0.3 is 4.74 Å². The zero-order valence-electron chi connectivity index (χ0n) is 11.7. The molecule has 0 aliphatic heterocycles. The van der Waals surface area contributed by atoms with E-state index in [1.54, 1.807) is 36.4 Å². The van der Waals surface area contributed by atoms with Crippen LogP contribution in [0.3, 0.4) is 0 Å². The molecular formula is C15H15NO4S. The minimum Gasteiger partial charge on any atom is -0.495 e. The monoisotopic (exact) mass is 305 g/mol. The molecule has 2 aromatic rings. The molecule has 21 heavy (non-hydrogen) atoms. The predicted octanol–water partition coefficient (Wildman–Crippen LogP) is 2.70. The summed E-state index contributed by atoms with van der Waals surface area (Å²) in [4.78, 5) is 11.4. The van der Waals surface area contributed by atoms with Crippen molar-refractivity contribution in [3.8, 4) is 5.75 Å². The minimum atomic E-state index is -3.78. The van der Waals surface area contributed by atoms with E-state index in [4.69, 9.17) is 4.74 Å². The molecule has 2 rings (SSSR count). The number of nitrogens with one attached hydrogen (secondary N) is 1. The molecule has 1 N–H and O–H groups in total. The highest BCUT2D eigenvalue weighted by Gasteiger charge is 2.19. The molecule has 6 heteroatoms. The van der Waals surface area contributed by atoms with Crippen LogP contribution >= 0.6 is 0 Å². The number of Topliss-reactive ketones (excluding diaryl/α,β-unsaturated/α-hetero) is 1. The summed E-state index contributed by atoms with van der Waals surface area (Å²) in [7, 11) is -2.38. The number of rotatable bonds is 5. The summed E-state index contributed by atoms with van der Waals surface area (Å²) in [6.45, 7) is 1.42. The second kappa shape index (κ2) is 5.97. The topological polar surface area (TPSA) is 72.5 Å². The van der Waals surface area contributed by atoms with Gasteiger partial charge in [0.1, 0.15) is 10.6 Å². The highest BCUT2D eigenvalue weighted by atomic mass is 32.2. The van der Waals surface area contributed by atoms with Gasteiger partial charge in [-0.15, -0.1) is 0 Å². The van der Waals surface area contributed by atoms with Gasteiger partial charge in [0, 0.05) is 11.3 Å². The molecule has 0 unspecified atom stereocenters. The summed E-state index contributed by atoms with van der Waals surface area (Å²) in [6, 6.07) is 12.7. The highest BCUT2D eigenvalue weighted by Crippen LogP contribution is 2.25. The quantitative estimate of drug-likeness (QED) is 0.862. The Morgan fingerprint density at radius 1 is 1.10 bits per heavy atom. The number of carbonyl (C=O) groups excluding carboxylic acids is 1. The van der Waals surface area contributed by atoms with Crippen LogP contribution in [-0.4, -0.2) is 21.3 Å². The number of anilines is 1. The molecule has 0 aliphatic rings. The maximum Gasteiger partial charge on any atom is 0.265 e. The van der Waals surface area contributed by atoms with Gasteiger partial charge in [-0.3, -0.25) is 9.52 Å². The summed E-state index contributed by atoms with van der Waals surface area (Å²) in [5, 5.41) is 0. The Labute approximate surface area is 123 Å². The summed E-state index contributed by atoms with van der Waals surface area (Å²) in [6.07, 6.45) is 0. The van der Waals surface area contributed by atoms with Gasteiger partial charge in [-0.25, -0.2) is 8.42 Å². The summed E-state index contributed by atoms with van der Waals surface area (Å²) in [5.41, 5.74) is 0.767. The van der Waals surface area contributed by atoms with Crippen molar-refractivity contribution in [3.63, 3.8) is 0 Å². The third-order valence-corrected chi connectivity index (χ3v) is 4.30. The van der Waals surface area contributed by atoms with Crippen LogP contribution in [0, 0.1) is 0 Å². The molecule has 5 nitrogen and oxygen atoms in total. The Hall–Kier alpha value is -2.34. The lowest BCUT2D eigenvalue weighted by Gasteiger charge is -2.11. The summed E-state index contributed by atoms with van der Waals surface area (Å²) < 4.78 is 32.3. The molecule has 0 bridgehead atoms. The first-order valence-electron chi connectivity index (χ1n) is 6.21. The molecule has 0 heterocycles. The highest BCUT2D eigenvalue weighted by molar-refractivity contribution is 7.92. The van der Waals surface area contributed by atoms with Crippen LogP contribution in [0.1, 0.15) is 17.3 Å². The van der Waals surface area contributed by atoms with Gasteiger partial charge in [0.15, 0.2) is 5.78 Å². The van der Waals surface area contributed by atoms with Crippen molar-refractivity contribution in [2.75, 3.05) is 11.8 Å². The van der Waals surface area contributed by atoms with E-state index in [1.165, 1.54) is 26.2 Å². The van der Waals surface area contributed by atoms with Crippen molar-refractivity contribution in [3.05, 3.63) is 54.1 Å². The molecule has 0 amide bonds. The molecule has 0 saturated heterocycles. The largest absolute Gasteiger partial charge is 0.495 e. The number of sulfonamides is 1. The maximum atomic E-state index is 12.4. The average Bonchev–Trinajstić information content (AvgIpc) is 2.47. The molecule has 0 aliphatic carbocycles. The average molecular weight is 305 g/mol. The smallest absolute Gasteiger partial charge is 0.265 e. The fourth-order valence-corrected chi connectivity index (χ4v) is 3.07. The van der Waals surface area contributed by atoms with Crippen molar-refractivity contribution in [1.29, 1.82) is 0 Å². The van der Waals surface area contributed by atoms with E-state index in [0.717, 1.165) is 0 Å². The second-order valence-electron chi connectivity index (χ2n) is 4.39. The molecule has 110 valence electrons. The van der Waals surface area contributed by atoms with Crippen molar-refractivity contribution in [2.45, 2.75) is 11.8 Å². The van der Waals surface area contributed by atoms with Crippen molar-refractivity contribution >= 4 is 21.5 Å². The van der Waals surface area contributed by atoms with E-state index in [9.17, 15) is 13.2 Å². The normalized spacial score (nSPS) is 11.0. The van der Waals surface area contributed by atoms with Crippen LogP contribution in [0.2, 0.25) is 0 Å². The van der Waals surface area contributed by atoms with Gasteiger partial charge in [0.2, 0.25) is 0 Å². The fourth-order valence-electron chi connectivity index (χ4n) is 1.85. The van der Waals surface area contributed by atoms with Gasteiger partial charge in [0.25, 0.3) is 10.0 Å². The van der Waals surface area contributed by atoms with Crippen molar-refractivity contribution in [1.82, 2.24) is 0 Å². The van der Waals surface area contributed by atoms with Gasteiger partial charge in [-0.1, -0.05) is 24.3 Å². The van der Waals surface area contributed by atoms with Crippen molar-refractivity contribution < 1.29 is 17.9 Å². The first-order valence-corrected chi connectivity index (χ1v) is 7.69. The number of hydrogen-bond donors (Lipinski definition) is 1. The Kier molecular flexibility index (Phi) is 4.28. The van der Waals surface area contributed by atoms with Crippen LogP contribution in [0.5, 0.6) is 5.75 Å². The lowest BCUT2D eigenvalue weighted by molar-refractivity contribution is 0.101. The zero-order valence-corrected chi connectivity index (χ0v) is 12.5. The van der Waals surface area contributed by atoms with Crippen LogP contribution < -0.4 is 9.46 Å². The molecule has 0 saturated carbocycles. The van der Waals surface area contributed by atoms with E-state index in [2.05, 4.69) is 4.72 Å². The third kappa shape index (κ3) is 3.41. The second-order valence-corrected chi connectivity index (χ2v) is 6.04. The van der Waals surface area contributed by atoms with Crippen LogP contribution in [-0.2, 0) is 10.0 Å². The molecule has 0 fully saturated rings. The Morgan fingerprint density at radius 2 is 1.81 bits per heavy atom. The molecule has 2 aromatic carbocycles. The first-order chi connectivity index (χ1) is 9.94. The lowest BCUT2D eigenvalue weighted by Crippen LogP contribution is -2.14. The number of hydrogen-bond acceptors (Lipinski definition) is 4. The van der Waals surface area contributed by atoms with Gasteiger partial charge in [0.05, 0.1) is 7.11 Å². The van der Waals surface area contributed by atoms with E-state index in [1.807, 2.05) is 0 Å². The number of carbonyl (C=O) groups is 1. The molecule has 0 radical (unpaired) electrons. The number of ether oxygens (including phenoxy) is 1.